The van der Waals surface area contributed by atoms with E-state index in [4.69, 9.17) is 4.74 Å². The third kappa shape index (κ3) is 2.16. The van der Waals surface area contributed by atoms with E-state index in [9.17, 15) is 4.79 Å². The minimum absolute atomic E-state index is 0.0173. The van der Waals surface area contributed by atoms with Crippen LogP contribution >= 0.6 is 0 Å². The van der Waals surface area contributed by atoms with Gasteiger partial charge in [-0.05, 0) is 57.3 Å². The maximum Gasteiger partial charge on any atom is 0.410 e. The molecular formula is C14H23NO2. The van der Waals surface area contributed by atoms with Crippen molar-refractivity contribution in [1.82, 2.24) is 4.90 Å². The van der Waals surface area contributed by atoms with Crippen molar-refractivity contribution in [3.8, 4) is 0 Å². The highest BCUT2D eigenvalue weighted by molar-refractivity contribution is 5.69. The standard InChI is InChI=1S/C14H23NO2/c1-10-8-11-6-7-12(9-10)15(11)14(16)17-13-4-2-3-5-13/h10-13H,2-9H2,1H3. The molecule has 3 aliphatic rings. The van der Waals surface area contributed by atoms with Crippen LogP contribution in [0.2, 0.25) is 0 Å². The Bertz CT molecular complexity index is 285. The third-order valence-electron chi connectivity index (χ3n) is 4.75. The van der Waals surface area contributed by atoms with Crippen molar-refractivity contribution in [2.45, 2.75) is 76.5 Å². The summed E-state index contributed by atoms with van der Waals surface area (Å²) in [4.78, 5) is 14.3. The molecule has 3 nitrogen and oxygen atoms in total. The van der Waals surface area contributed by atoms with E-state index >= 15 is 0 Å². The first-order valence-electron chi connectivity index (χ1n) is 7.23. The van der Waals surface area contributed by atoms with E-state index in [1.54, 1.807) is 0 Å². The van der Waals surface area contributed by atoms with Crippen LogP contribution in [-0.4, -0.2) is 29.2 Å². The summed E-state index contributed by atoms with van der Waals surface area (Å²) in [6, 6.07) is 0.940. The number of nitrogens with zero attached hydrogens (tertiary/aromatic N) is 1. The molecule has 2 bridgehead atoms. The molecule has 3 rings (SSSR count). The van der Waals surface area contributed by atoms with Gasteiger partial charge in [0.2, 0.25) is 0 Å². The number of carbonyl (C=O) groups is 1. The molecule has 3 heteroatoms. The molecule has 0 aromatic carbocycles. The van der Waals surface area contributed by atoms with Crippen molar-refractivity contribution in [3.05, 3.63) is 0 Å². The van der Waals surface area contributed by atoms with Crippen LogP contribution in [0.5, 0.6) is 0 Å². The first-order chi connectivity index (χ1) is 8.24. The Morgan fingerprint density at radius 2 is 1.65 bits per heavy atom. The first kappa shape index (κ1) is 11.4. The fourth-order valence-corrected chi connectivity index (χ4v) is 3.96. The summed E-state index contributed by atoms with van der Waals surface area (Å²) >= 11 is 0. The van der Waals surface area contributed by atoms with Crippen molar-refractivity contribution in [2.75, 3.05) is 0 Å². The topological polar surface area (TPSA) is 29.5 Å². The van der Waals surface area contributed by atoms with Crippen molar-refractivity contribution in [2.24, 2.45) is 5.92 Å². The van der Waals surface area contributed by atoms with Crippen LogP contribution in [0.3, 0.4) is 0 Å². The van der Waals surface area contributed by atoms with Crippen LogP contribution < -0.4 is 0 Å². The Kier molecular flexibility index (Phi) is 3.01. The number of hydrogen-bond acceptors (Lipinski definition) is 2. The number of hydrogen-bond donors (Lipinski definition) is 0. The molecular weight excluding hydrogens is 214 g/mol. The summed E-state index contributed by atoms with van der Waals surface area (Å²) in [6.45, 7) is 2.31. The average Bonchev–Trinajstić information content (AvgIpc) is 2.86. The molecule has 0 aromatic heterocycles. The van der Waals surface area contributed by atoms with Gasteiger partial charge in [0.15, 0.2) is 0 Å². The van der Waals surface area contributed by atoms with Crippen LogP contribution in [0.1, 0.15) is 58.3 Å². The zero-order valence-electron chi connectivity index (χ0n) is 10.7. The lowest BCUT2D eigenvalue weighted by atomic mass is 9.93. The molecule has 0 radical (unpaired) electrons. The van der Waals surface area contributed by atoms with Gasteiger partial charge in [0.25, 0.3) is 0 Å². The fourth-order valence-electron chi connectivity index (χ4n) is 3.96. The quantitative estimate of drug-likeness (QED) is 0.700. The highest BCUT2D eigenvalue weighted by Gasteiger charge is 2.43. The maximum absolute atomic E-state index is 12.2. The molecule has 0 aromatic rings. The van der Waals surface area contributed by atoms with E-state index in [2.05, 4.69) is 11.8 Å². The zero-order valence-corrected chi connectivity index (χ0v) is 10.7. The summed E-state index contributed by atoms with van der Waals surface area (Å²) in [7, 11) is 0. The molecule has 1 amide bonds. The Balaban J connectivity index is 1.62. The van der Waals surface area contributed by atoms with Crippen LogP contribution in [0.25, 0.3) is 0 Å². The maximum atomic E-state index is 12.2. The number of fused-ring (bicyclic) bond motifs is 2. The lowest BCUT2D eigenvalue weighted by molar-refractivity contribution is 0.0340. The SMILES string of the molecule is CC1CC2CCC(C1)N2C(=O)OC1CCCC1. The van der Waals surface area contributed by atoms with E-state index in [1.165, 1.54) is 38.5 Å². The lowest BCUT2D eigenvalue weighted by Gasteiger charge is -2.37. The van der Waals surface area contributed by atoms with Crippen LogP contribution in [-0.2, 0) is 4.74 Å². The van der Waals surface area contributed by atoms with E-state index < -0.39 is 0 Å². The molecule has 0 N–H and O–H groups in total. The van der Waals surface area contributed by atoms with Gasteiger partial charge in [-0.25, -0.2) is 4.79 Å². The fraction of sp³-hybridized carbons (Fsp3) is 0.929. The van der Waals surface area contributed by atoms with Gasteiger partial charge in [0, 0.05) is 12.1 Å². The van der Waals surface area contributed by atoms with Gasteiger partial charge < -0.3 is 9.64 Å². The Morgan fingerprint density at radius 3 is 2.24 bits per heavy atom. The van der Waals surface area contributed by atoms with Gasteiger partial charge in [0.05, 0.1) is 0 Å². The van der Waals surface area contributed by atoms with Gasteiger partial charge in [0.1, 0.15) is 6.10 Å². The van der Waals surface area contributed by atoms with E-state index in [1.807, 2.05) is 0 Å². The number of rotatable bonds is 1. The molecule has 2 saturated heterocycles. The molecule has 2 atom stereocenters. The summed E-state index contributed by atoms with van der Waals surface area (Å²) < 4.78 is 5.65. The second-order valence-corrected chi connectivity index (χ2v) is 6.16. The second kappa shape index (κ2) is 4.51. The number of ether oxygens (including phenoxy) is 1. The lowest BCUT2D eigenvalue weighted by Crippen LogP contribution is -2.47. The highest BCUT2D eigenvalue weighted by atomic mass is 16.6. The van der Waals surface area contributed by atoms with Crippen molar-refractivity contribution >= 4 is 6.09 Å². The van der Waals surface area contributed by atoms with Crippen molar-refractivity contribution in [3.63, 3.8) is 0 Å². The molecule has 2 heterocycles. The summed E-state index contributed by atoms with van der Waals surface area (Å²) in [5.74, 6) is 0.781. The van der Waals surface area contributed by atoms with Gasteiger partial charge in [-0.2, -0.15) is 0 Å². The monoisotopic (exact) mass is 237 g/mol. The van der Waals surface area contributed by atoms with Gasteiger partial charge in [-0.1, -0.05) is 6.92 Å². The van der Waals surface area contributed by atoms with Crippen LogP contribution in [0, 0.1) is 5.92 Å². The average molecular weight is 237 g/mol. The van der Waals surface area contributed by atoms with Crippen LogP contribution in [0.4, 0.5) is 4.79 Å². The molecule has 2 unspecified atom stereocenters. The van der Waals surface area contributed by atoms with Crippen molar-refractivity contribution in [1.29, 1.82) is 0 Å². The summed E-state index contributed by atoms with van der Waals surface area (Å²) in [6.07, 6.45) is 9.52. The normalized spacial score (nSPS) is 37.5. The predicted octanol–water partition coefficient (Wildman–Crippen LogP) is 3.33. The first-order valence-corrected chi connectivity index (χ1v) is 7.23. The van der Waals surface area contributed by atoms with Gasteiger partial charge in [-0.15, -0.1) is 0 Å². The Hall–Kier alpha value is -0.730. The second-order valence-electron chi connectivity index (χ2n) is 6.16. The largest absolute Gasteiger partial charge is 0.446 e. The third-order valence-corrected chi connectivity index (χ3v) is 4.75. The van der Waals surface area contributed by atoms with E-state index in [-0.39, 0.29) is 12.2 Å². The van der Waals surface area contributed by atoms with E-state index in [0.717, 1.165) is 18.8 Å². The molecule has 1 aliphatic carbocycles. The minimum atomic E-state index is -0.0173. The number of carbonyl (C=O) groups excluding carboxylic acids is 1. The van der Waals surface area contributed by atoms with Crippen LogP contribution in [0.15, 0.2) is 0 Å². The minimum Gasteiger partial charge on any atom is -0.446 e. The zero-order chi connectivity index (χ0) is 11.8. The molecule has 0 spiro atoms. The van der Waals surface area contributed by atoms with E-state index in [0.29, 0.717) is 12.1 Å². The molecule has 1 saturated carbocycles. The predicted molar refractivity (Wildman–Crippen MR) is 65.8 cm³/mol. The number of amides is 1. The highest BCUT2D eigenvalue weighted by Crippen LogP contribution is 2.39. The van der Waals surface area contributed by atoms with Gasteiger partial charge >= 0.3 is 6.09 Å². The molecule has 17 heavy (non-hydrogen) atoms. The number of piperidine rings is 1. The summed E-state index contributed by atoms with van der Waals surface area (Å²) in [5, 5.41) is 0. The molecule has 2 aliphatic heterocycles. The van der Waals surface area contributed by atoms with Crippen molar-refractivity contribution < 1.29 is 9.53 Å². The Labute approximate surface area is 104 Å². The summed E-state index contributed by atoms with van der Waals surface area (Å²) in [5.41, 5.74) is 0. The smallest absolute Gasteiger partial charge is 0.410 e. The molecule has 96 valence electrons. The Morgan fingerprint density at radius 1 is 1.06 bits per heavy atom. The van der Waals surface area contributed by atoms with Gasteiger partial charge in [-0.3, -0.25) is 0 Å². The molecule has 3 fully saturated rings.